The summed E-state index contributed by atoms with van der Waals surface area (Å²) in [4.78, 5) is 44.9. The number of aromatic amines is 1. The van der Waals surface area contributed by atoms with Crippen LogP contribution in [0.15, 0.2) is 36.4 Å². The SMILES string of the molecule is CC(C)C(=O)N1CCC=C(c2cc(-c3ccc(C4CCN(C(=O)OC(C)(C)C)CC4(F)F)cc3F)c3cc(C(=O)N(C)C)[nH]c3c2F)C1. The number of aromatic nitrogens is 1. The Morgan fingerprint density at radius 2 is 1.71 bits per heavy atom. The maximum absolute atomic E-state index is 16.3. The van der Waals surface area contributed by atoms with Crippen LogP contribution < -0.4 is 0 Å². The molecule has 8 nitrogen and oxygen atoms in total. The van der Waals surface area contributed by atoms with E-state index in [0.717, 1.165) is 11.0 Å². The zero-order valence-electron chi connectivity index (χ0n) is 28.3. The molecule has 258 valence electrons. The zero-order valence-corrected chi connectivity index (χ0v) is 28.3. The minimum Gasteiger partial charge on any atom is -0.444 e. The third kappa shape index (κ3) is 6.93. The maximum Gasteiger partial charge on any atom is 0.410 e. The van der Waals surface area contributed by atoms with Gasteiger partial charge in [0.15, 0.2) is 5.82 Å². The van der Waals surface area contributed by atoms with Gasteiger partial charge < -0.3 is 24.4 Å². The van der Waals surface area contributed by atoms with Crippen molar-refractivity contribution in [3.05, 3.63) is 64.9 Å². The Balaban J connectivity index is 1.55. The van der Waals surface area contributed by atoms with Crippen molar-refractivity contribution >= 4 is 34.4 Å². The first-order valence-corrected chi connectivity index (χ1v) is 16.1. The summed E-state index contributed by atoms with van der Waals surface area (Å²) in [6.45, 7) is 8.33. The number of ether oxygens (including phenoxy) is 1. The molecular weight excluding hydrogens is 628 g/mol. The summed E-state index contributed by atoms with van der Waals surface area (Å²) in [6.07, 6.45) is 1.41. The fourth-order valence-electron chi connectivity index (χ4n) is 6.36. The number of hydrogen-bond acceptors (Lipinski definition) is 4. The molecule has 0 bridgehead atoms. The molecule has 2 aliphatic heterocycles. The summed E-state index contributed by atoms with van der Waals surface area (Å²) in [7, 11) is 3.10. The van der Waals surface area contributed by atoms with Crippen LogP contribution in [0.5, 0.6) is 0 Å². The lowest BCUT2D eigenvalue weighted by Gasteiger charge is -2.39. The van der Waals surface area contributed by atoms with E-state index in [-0.39, 0.29) is 70.2 Å². The molecule has 1 atom stereocenters. The number of nitrogens with one attached hydrogen (secondary N) is 1. The van der Waals surface area contributed by atoms with E-state index >= 15 is 17.6 Å². The molecule has 48 heavy (non-hydrogen) atoms. The predicted molar refractivity (Wildman–Crippen MR) is 176 cm³/mol. The highest BCUT2D eigenvalue weighted by atomic mass is 19.3. The smallest absolute Gasteiger partial charge is 0.410 e. The zero-order chi connectivity index (χ0) is 35.3. The second kappa shape index (κ2) is 12.9. The summed E-state index contributed by atoms with van der Waals surface area (Å²) in [5.41, 5.74) is 0.299. The van der Waals surface area contributed by atoms with E-state index in [1.54, 1.807) is 53.6 Å². The first-order chi connectivity index (χ1) is 22.4. The molecule has 3 heterocycles. The summed E-state index contributed by atoms with van der Waals surface area (Å²) >= 11 is 0. The molecule has 0 radical (unpaired) electrons. The van der Waals surface area contributed by atoms with Crippen LogP contribution in [0.3, 0.4) is 0 Å². The molecule has 1 saturated heterocycles. The number of carbonyl (C=O) groups excluding carboxylic acids is 3. The largest absolute Gasteiger partial charge is 0.444 e. The molecule has 3 aromatic rings. The van der Waals surface area contributed by atoms with Crippen molar-refractivity contribution in [3.63, 3.8) is 0 Å². The average Bonchev–Trinajstić information content (AvgIpc) is 3.45. The van der Waals surface area contributed by atoms with Crippen molar-refractivity contribution in [1.29, 1.82) is 0 Å². The number of nitrogens with zero attached hydrogens (tertiary/aromatic N) is 3. The molecule has 2 aromatic carbocycles. The molecule has 1 aromatic heterocycles. The topological polar surface area (TPSA) is 86.0 Å². The number of benzene rings is 2. The van der Waals surface area contributed by atoms with E-state index in [1.165, 1.54) is 29.2 Å². The number of rotatable bonds is 5. The maximum atomic E-state index is 16.3. The van der Waals surface area contributed by atoms with Crippen molar-refractivity contribution in [2.45, 2.75) is 64.9 Å². The molecular formula is C36H42F4N4O4. The van der Waals surface area contributed by atoms with Crippen LogP contribution >= 0.6 is 0 Å². The van der Waals surface area contributed by atoms with Crippen molar-refractivity contribution in [2.75, 3.05) is 40.3 Å². The van der Waals surface area contributed by atoms with Gasteiger partial charge in [0.05, 0.1) is 18.0 Å². The normalized spacial score (nSPS) is 18.2. The quantitative estimate of drug-likeness (QED) is 0.286. The number of piperidine rings is 1. The van der Waals surface area contributed by atoms with Crippen molar-refractivity contribution < 1.29 is 36.7 Å². The van der Waals surface area contributed by atoms with Crippen LogP contribution in [0.2, 0.25) is 0 Å². The first kappa shape index (κ1) is 35.0. The van der Waals surface area contributed by atoms with E-state index in [9.17, 15) is 14.4 Å². The van der Waals surface area contributed by atoms with Gasteiger partial charge in [0.2, 0.25) is 5.91 Å². The third-order valence-corrected chi connectivity index (χ3v) is 8.73. The number of likely N-dealkylation sites (tertiary alicyclic amines) is 1. The van der Waals surface area contributed by atoms with Crippen molar-refractivity contribution in [2.24, 2.45) is 5.92 Å². The fourth-order valence-corrected chi connectivity index (χ4v) is 6.36. The lowest BCUT2D eigenvalue weighted by atomic mass is 9.85. The van der Waals surface area contributed by atoms with E-state index in [0.29, 0.717) is 18.5 Å². The molecule has 5 rings (SSSR count). The van der Waals surface area contributed by atoms with Gasteiger partial charge in [-0.3, -0.25) is 9.59 Å². The fraction of sp³-hybridized carbons (Fsp3) is 0.472. The van der Waals surface area contributed by atoms with Crippen molar-refractivity contribution in [3.8, 4) is 11.1 Å². The Hall–Kier alpha value is -4.35. The van der Waals surface area contributed by atoms with E-state index in [4.69, 9.17) is 4.74 Å². The van der Waals surface area contributed by atoms with Crippen LogP contribution in [-0.4, -0.2) is 89.4 Å². The third-order valence-electron chi connectivity index (χ3n) is 8.73. The highest BCUT2D eigenvalue weighted by Gasteiger charge is 2.47. The van der Waals surface area contributed by atoms with E-state index in [2.05, 4.69) is 4.98 Å². The Morgan fingerprint density at radius 3 is 2.31 bits per heavy atom. The Labute approximate surface area is 277 Å². The molecule has 1 fully saturated rings. The summed E-state index contributed by atoms with van der Waals surface area (Å²) in [6, 6.07) is 6.83. The Kier molecular flexibility index (Phi) is 9.42. The number of H-pyrrole nitrogens is 1. The average molecular weight is 671 g/mol. The molecule has 0 spiro atoms. The monoisotopic (exact) mass is 670 g/mol. The predicted octanol–water partition coefficient (Wildman–Crippen LogP) is 7.45. The van der Waals surface area contributed by atoms with E-state index < -0.39 is 47.6 Å². The van der Waals surface area contributed by atoms with Crippen LogP contribution in [-0.2, 0) is 9.53 Å². The molecule has 0 saturated carbocycles. The molecule has 1 N–H and O–H groups in total. The van der Waals surface area contributed by atoms with Gasteiger partial charge in [-0.05, 0) is 68.5 Å². The van der Waals surface area contributed by atoms with E-state index in [1.807, 2.05) is 6.08 Å². The van der Waals surface area contributed by atoms with Crippen molar-refractivity contribution in [1.82, 2.24) is 19.7 Å². The van der Waals surface area contributed by atoms with Gasteiger partial charge in [-0.1, -0.05) is 32.1 Å². The molecule has 12 heteroatoms. The summed E-state index contributed by atoms with van der Waals surface area (Å²) < 4.78 is 68.6. The molecule has 2 aliphatic rings. The number of hydrogen-bond donors (Lipinski definition) is 1. The molecule has 3 amide bonds. The van der Waals surface area contributed by atoms with Crippen LogP contribution in [0.1, 0.15) is 75.0 Å². The van der Waals surface area contributed by atoms with Gasteiger partial charge >= 0.3 is 6.09 Å². The lowest BCUT2D eigenvalue weighted by molar-refractivity contribution is -0.133. The van der Waals surface area contributed by atoms with Gasteiger partial charge in [0.25, 0.3) is 11.8 Å². The second-order valence-electron chi connectivity index (χ2n) is 14.1. The Morgan fingerprint density at radius 1 is 1.00 bits per heavy atom. The highest BCUT2D eigenvalue weighted by Crippen LogP contribution is 2.43. The van der Waals surface area contributed by atoms with Gasteiger partial charge in [0.1, 0.15) is 17.1 Å². The molecule has 0 aliphatic carbocycles. The van der Waals surface area contributed by atoms with Gasteiger partial charge in [-0.15, -0.1) is 0 Å². The lowest BCUT2D eigenvalue weighted by Crippen LogP contribution is -2.50. The number of amides is 3. The second-order valence-corrected chi connectivity index (χ2v) is 14.1. The first-order valence-electron chi connectivity index (χ1n) is 16.1. The highest BCUT2D eigenvalue weighted by molar-refractivity contribution is 6.04. The van der Waals surface area contributed by atoms with Gasteiger partial charge in [-0.2, -0.15) is 0 Å². The van der Waals surface area contributed by atoms with Gasteiger partial charge in [0, 0.05) is 56.2 Å². The molecule has 1 unspecified atom stereocenters. The standard InChI is InChI=1S/C36H42F4N4O4/c1-20(2)32(45)43-13-8-9-22(18-43)24-16-25(26-17-29(33(46)42(6)7)41-31(26)30(24)38)23-11-10-21(15-28(23)37)27-12-14-44(19-36(27,39)40)34(47)48-35(3,4)5/h9-11,15-17,20,27,41H,8,12-14,18-19H2,1-7H3. The Bertz CT molecular complexity index is 1790. The number of fused-ring (bicyclic) bond motifs is 1. The number of alkyl halides is 2. The van der Waals surface area contributed by atoms with Crippen LogP contribution in [0.25, 0.3) is 27.6 Å². The minimum atomic E-state index is -3.35. The minimum absolute atomic E-state index is 0.00886. The van der Waals surface area contributed by atoms with Crippen LogP contribution in [0, 0.1) is 17.6 Å². The van der Waals surface area contributed by atoms with Crippen LogP contribution in [0.4, 0.5) is 22.4 Å². The van der Waals surface area contributed by atoms with Gasteiger partial charge in [-0.25, -0.2) is 22.4 Å². The number of halogens is 4. The summed E-state index contributed by atoms with van der Waals surface area (Å²) in [5.74, 6) is -6.89. The number of carbonyl (C=O) groups is 3. The summed E-state index contributed by atoms with van der Waals surface area (Å²) in [5, 5.41) is 0.246.